The van der Waals surface area contributed by atoms with Crippen molar-refractivity contribution < 1.29 is 39.8 Å². The first kappa shape index (κ1) is 47.8. The van der Waals surface area contributed by atoms with Crippen molar-refractivity contribution in [2.45, 2.75) is 26.2 Å². The monoisotopic (exact) mass is 1210 g/mol. The maximum Gasteiger partial charge on any atom is 0.268 e. The number of para-hydroxylation sites is 5. The summed E-state index contributed by atoms with van der Waals surface area (Å²) in [5.41, 5.74) is 16.8. The summed E-state index contributed by atoms with van der Waals surface area (Å²) in [5, 5.41) is 2.13. The SMILES string of the molecule is CC(C)(C)c1ccnc(-n2c3[c-]c(Oc4[c-]c(-n5[c-][n+](-c6c(-c7ccccc7)cccc6-c6ccccc6)c6ccccc65)c5c6c4Oc4cccc7c4B6c4c(cccc4N7c4ccccc4)O5)ccc3c3ccccc32)c1.[Pt]. The quantitative estimate of drug-likeness (QED) is 0.0862. The van der Waals surface area contributed by atoms with E-state index in [2.05, 4.69) is 270 Å². The molecule has 3 aliphatic heterocycles. The van der Waals surface area contributed by atoms with Crippen LogP contribution in [0, 0.1) is 18.5 Å². The van der Waals surface area contributed by atoms with Crippen molar-refractivity contribution in [1.29, 1.82) is 0 Å². The molecule has 16 rings (SSSR count). The van der Waals surface area contributed by atoms with Gasteiger partial charge >= 0.3 is 0 Å². The Morgan fingerprint density at radius 3 is 1.86 bits per heavy atom. The fraction of sp³-hybridized carbons (Fsp3) is 0.0571. The van der Waals surface area contributed by atoms with Gasteiger partial charge in [-0.15, -0.1) is 23.6 Å². The molecule has 10 aromatic carbocycles. The van der Waals surface area contributed by atoms with Gasteiger partial charge in [-0.3, -0.25) is 4.57 Å². The fourth-order valence-electron chi connectivity index (χ4n) is 12.3. The molecule has 3 aromatic heterocycles. The van der Waals surface area contributed by atoms with Crippen LogP contribution in [0.1, 0.15) is 26.3 Å². The zero-order valence-corrected chi connectivity index (χ0v) is 46.0. The number of anilines is 3. The number of aromatic nitrogens is 4. The van der Waals surface area contributed by atoms with Gasteiger partial charge in [-0.05, 0) is 110 Å². The minimum Gasteiger partial charge on any atom is -0.521 e. The number of hydrogen-bond acceptors (Lipinski definition) is 5. The summed E-state index contributed by atoms with van der Waals surface area (Å²) in [4.78, 5) is 7.29. The molecule has 0 radical (unpaired) electrons. The number of hydrogen-bond donors (Lipinski definition) is 0. The molecule has 10 heteroatoms. The molecular formula is C70H46BN5O3Pt-2. The average Bonchev–Trinajstić information content (AvgIpc) is 3.77. The van der Waals surface area contributed by atoms with Crippen molar-refractivity contribution in [2.24, 2.45) is 0 Å². The summed E-state index contributed by atoms with van der Waals surface area (Å²) in [5.74, 6) is 4.32. The predicted octanol–water partition coefficient (Wildman–Crippen LogP) is 14.7. The molecule has 0 fully saturated rings. The molecule has 0 spiro atoms. The van der Waals surface area contributed by atoms with Crippen LogP contribution < -0.4 is 40.1 Å². The van der Waals surface area contributed by atoms with Crippen molar-refractivity contribution in [2.75, 3.05) is 4.90 Å². The first-order valence-corrected chi connectivity index (χ1v) is 26.7. The minimum absolute atomic E-state index is 0. The molecule has 0 atom stereocenters. The van der Waals surface area contributed by atoms with Gasteiger partial charge in [-0.25, -0.2) is 4.98 Å². The van der Waals surface area contributed by atoms with Crippen LogP contribution in [-0.2, 0) is 26.5 Å². The molecule has 0 bridgehead atoms. The van der Waals surface area contributed by atoms with Crippen LogP contribution in [0.25, 0.3) is 72.3 Å². The van der Waals surface area contributed by atoms with E-state index in [1.165, 1.54) is 5.56 Å². The first-order valence-electron chi connectivity index (χ1n) is 26.7. The van der Waals surface area contributed by atoms with E-state index >= 15 is 0 Å². The van der Waals surface area contributed by atoms with E-state index < -0.39 is 0 Å². The number of pyridine rings is 1. The van der Waals surface area contributed by atoms with E-state index in [4.69, 9.17) is 19.2 Å². The third-order valence-electron chi connectivity index (χ3n) is 15.8. The number of rotatable bonds is 8. The average molecular weight is 1210 g/mol. The first-order chi connectivity index (χ1) is 38.8. The number of nitrogens with zero attached hydrogens (tertiary/aromatic N) is 5. The third-order valence-corrected chi connectivity index (χ3v) is 15.8. The van der Waals surface area contributed by atoms with Gasteiger partial charge in [0.1, 0.15) is 17.3 Å². The van der Waals surface area contributed by atoms with Gasteiger partial charge < -0.3 is 28.2 Å². The maximum absolute atomic E-state index is 7.40. The Kier molecular flexibility index (Phi) is 10.9. The Hall–Kier alpha value is -9.43. The van der Waals surface area contributed by atoms with E-state index in [0.717, 1.165) is 112 Å². The smallest absolute Gasteiger partial charge is 0.268 e. The van der Waals surface area contributed by atoms with Gasteiger partial charge in [0.15, 0.2) is 0 Å². The molecular weight excluding hydrogens is 1160 g/mol. The summed E-state index contributed by atoms with van der Waals surface area (Å²) in [6.45, 7) is 6.38. The summed E-state index contributed by atoms with van der Waals surface area (Å²) >= 11 is 0. The molecule has 0 saturated heterocycles. The minimum atomic E-state index is -0.298. The topological polar surface area (TPSA) is 57.6 Å². The molecule has 6 heterocycles. The molecule has 0 N–H and O–H groups in total. The van der Waals surface area contributed by atoms with E-state index in [9.17, 15) is 0 Å². The Morgan fingerprint density at radius 2 is 1.18 bits per heavy atom. The fourth-order valence-corrected chi connectivity index (χ4v) is 12.3. The van der Waals surface area contributed by atoms with Crippen LogP contribution in [0.4, 0.5) is 17.1 Å². The Balaban J connectivity index is 0.00000552. The van der Waals surface area contributed by atoms with Gasteiger partial charge in [0.05, 0.1) is 22.5 Å². The van der Waals surface area contributed by atoms with Crippen LogP contribution in [0.3, 0.4) is 0 Å². The number of benzene rings is 10. The van der Waals surface area contributed by atoms with Crippen molar-refractivity contribution in [3.8, 4) is 73.9 Å². The molecule has 3 aliphatic rings. The third kappa shape index (κ3) is 7.27. The van der Waals surface area contributed by atoms with Crippen LogP contribution in [0.2, 0.25) is 0 Å². The molecule has 0 saturated carbocycles. The zero-order valence-electron chi connectivity index (χ0n) is 43.7. The van der Waals surface area contributed by atoms with Gasteiger partial charge in [0.25, 0.3) is 6.33 Å². The number of ether oxygens (including phenoxy) is 3. The predicted molar refractivity (Wildman–Crippen MR) is 315 cm³/mol. The second-order valence-corrected chi connectivity index (χ2v) is 21.4. The molecule has 13 aromatic rings. The van der Waals surface area contributed by atoms with E-state index in [1.54, 1.807) is 0 Å². The normalized spacial score (nSPS) is 12.7. The summed E-state index contributed by atoms with van der Waals surface area (Å²) in [6.07, 6.45) is 5.83. The maximum atomic E-state index is 7.40. The van der Waals surface area contributed by atoms with Crippen molar-refractivity contribution in [3.05, 3.63) is 249 Å². The van der Waals surface area contributed by atoms with E-state index in [-0.39, 0.29) is 33.2 Å². The van der Waals surface area contributed by atoms with Gasteiger partial charge in [0, 0.05) is 67.1 Å². The van der Waals surface area contributed by atoms with Crippen LogP contribution >= 0.6 is 0 Å². The van der Waals surface area contributed by atoms with E-state index in [0.29, 0.717) is 28.7 Å². The Bertz CT molecular complexity index is 4570. The van der Waals surface area contributed by atoms with Crippen LogP contribution in [0.5, 0.6) is 34.5 Å². The van der Waals surface area contributed by atoms with Crippen LogP contribution in [-0.4, -0.2) is 20.8 Å². The summed E-state index contributed by atoms with van der Waals surface area (Å²) in [6, 6.07) is 83.7. The van der Waals surface area contributed by atoms with Gasteiger partial charge in [-0.1, -0.05) is 183 Å². The standard InChI is InChI=1S/C70H46BN5O3.Pt/c1-70(2,3)46-38-39-72-63(40-46)76-53-29-14-13-26-51(53)52-37-36-48(41-58(52)76)77-62-42-59(68-66-69(62)79-61-35-19-33-57-65(61)71(66)64-56(32-18-34-60(64)78-68)75(57)47-24-11-6-12-25-47)73-43-74(55-31-16-15-30-54(55)73)67-49(44-20-7-4-8-21-44)27-17-28-50(67)45-22-9-5-10-23-45;/h4-40H,1-3H3;/q-2;. The van der Waals surface area contributed by atoms with Crippen LogP contribution in [0.15, 0.2) is 225 Å². The molecule has 8 nitrogen and oxygen atoms in total. The van der Waals surface area contributed by atoms with E-state index in [1.807, 2.05) is 12.3 Å². The largest absolute Gasteiger partial charge is 0.521 e. The van der Waals surface area contributed by atoms with Crippen molar-refractivity contribution in [1.82, 2.24) is 14.1 Å². The van der Waals surface area contributed by atoms with Crippen molar-refractivity contribution in [3.63, 3.8) is 0 Å². The summed E-state index contributed by atoms with van der Waals surface area (Å²) < 4.78 is 28.5. The number of imidazole rings is 1. The molecule has 0 aliphatic carbocycles. The second-order valence-electron chi connectivity index (χ2n) is 21.4. The zero-order chi connectivity index (χ0) is 52.5. The summed E-state index contributed by atoms with van der Waals surface area (Å²) in [7, 11) is 0. The second kappa shape index (κ2) is 18.3. The molecule has 0 unspecified atom stereocenters. The van der Waals surface area contributed by atoms with Gasteiger partial charge in [0.2, 0.25) is 6.71 Å². The molecule has 384 valence electrons. The Morgan fingerprint density at radius 1 is 0.562 bits per heavy atom. The molecule has 0 amide bonds. The van der Waals surface area contributed by atoms with Crippen molar-refractivity contribution >= 4 is 73.0 Å². The molecule has 80 heavy (non-hydrogen) atoms. The van der Waals surface area contributed by atoms with Gasteiger partial charge in [-0.2, -0.15) is 6.07 Å². The number of fused-ring (bicyclic) bond motifs is 4. The Labute approximate surface area is 477 Å².